The SMILES string of the molecule is CCN(CC(F)F)CC(N)c1ccc(C(=O)OC)c(Cl)c1. The number of benzene rings is 1. The average Bonchev–Trinajstić information content (AvgIpc) is 2.44. The maximum absolute atomic E-state index is 12.4. The highest BCUT2D eigenvalue weighted by Crippen LogP contribution is 2.22. The molecule has 0 spiro atoms. The molecule has 0 aliphatic carbocycles. The normalized spacial score (nSPS) is 12.8. The van der Waals surface area contributed by atoms with Gasteiger partial charge in [0.05, 0.1) is 24.2 Å². The molecule has 0 aromatic heterocycles. The minimum Gasteiger partial charge on any atom is -0.465 e. The van der Waals surface area contributed by atoms with E-state index in [9.17, 15) is 13.6 Å². The molecule has 0 bridgehead atoms. The van der Waals surface area contributed by atoms with Crippen LogP contribution in [0.3, 0.4) is 0 Å². The lowest BCUT2D eigenvalue weighted by Crippen LogP contribution is -2.35. The van der Waals surface area contributed by atoms with Gasteiger partial charge in [-0.15, -0.1) is 0 Å². The molecule has 0 heterocycles. The Bertz CT molecular complexity index is 486. The molecule has 0 aliphatic heterocycles. The number of likely N-dealkylation sites (N-methyl/N-ethyl adjacent to an activating group) is 1. The first-order valence-corrected chi connectivity index (χ1v) is 6.90. The number of hydrogen-bond acceptors (Lipinski definition) is 4. The fourth-order valence-electron chi connectivity index (χ4n) is 1.95. The highest BCUT2D eigenvalue weighted by molar-refractivity contribution is 6.33. The van der Waals surface area contributed by atoms with E-state index in [4.69, 9.17) is 17.3 Å². The number of halogens is 3. The summed E-state index contributed by atoms with van der Waals surface area (Å²) in [6.07, 6.45) is -2.40. The second-order valence-electron chi connectivity index (χ2n) is 4.58. The molecular weight excluding hydrogens is 302 g/mol. The molecule has 0 amide bonds. The van der Waals surface area contributed by atoms with Gasteiger partial charge in [0.25, 0.3) is 6.43 Å². The average molecular weight is 321 g/mol. The number of hydrogen-bond donors (Lipinski definition) is 1. The molecule has 1 aromatic rings. The summed E-state index contributed by atoms with van der Waals surface area (Å²) in [4.78, 5) is 13.0. The Morgan fingerprint density at radius 2 is 2.10 bits per heavy atom. The molecule has 118 valence electrons. The maximum Gasteiger partial charge on any atom is 0.339 e. The number of nitrogens with two attached hydrogens (primary N) is 1. The third-order valence-electron chi connectivity index (χ3n) is 3.12. The van der Waals surface area contributed by atoms with E-state index >= 15 is 0 Å². The molecule has 0 fully saturated rings. The quantitative estimate of drug-likeness (QED) is 0.785. The van der Waals surface area contributed by atoms with Crippen LogP contribution >= 0.6 is 11.6 Å². The number of rotatable bonds is 7. The molecule has 2 N–H and O–H groups in total. The van der Waals surface area contributed by atoms with E-state index in [1.165, 1.54) is 13.2 Å². The third-order valence-corrected chi connectivity index (χ3v) is 3.44. The van der Waals surface area contributed by atoms with Gasteiger partial charge in [0.1, 0.15) is 0 Å². The van der Waals surface area contributed by atoms with E-state index in [0.717, 1.165) is 0 Å². The highest BCUT2D eigenvalue weighted by Gasteiger charge is 2.17. The lowest BCUT2D eigenvalue weighted by atomic mass is 10.0. The van der Waals surface area contributed by atoms with Gasteiger partial charge in [-0.05, 0) is 24.2 Å². The molecule has 0 radical (unpaired) electrons. The van der Waals surface area contributed by atoms with E-state index in [1.54, 1.807) is 24.0 Å². The Morgan fingerprint density at radius 1 is 1.43 bits per heavy atom. The first kappa shape index (κ1) is 17.8. The van der Waals surface area contributed by atoms with Gasteiger partial charge in [-0.1, -0.05) is 24.6 Å². The van der Waals surface area contributed by atoms with Crippen LogP contribution in [0.15, 0.2) is 18.2 Å². The van der Waals surface area contributed by atoms with E-state index in [0.29, 0.717) is 12.1 Å². The molecule has 1 atom stereocenters. The van der Waals surface area contributed by atoms with E-state index in [1.807, 2.05) is 0 Å². The summed E-state index contributed by atoms with van der Waals surface area (Å²) in [6.45, 7) is 2.24. The Kier molecular flexibility index (Phi) is 7.01. The zero-order valence-electron chi connectivity index (χ0n) is 12.0. The fourth-order valence-corrected chi connectivity index (χ4v) is 2.22. The summed E-state index contributed by atoms with van der Waals surface area (Å²) in [6, 6.07) is 4.27. The first-order valence-electron chi connectivity index (χ1n) is 6.52. The third kappa shape index (κ3) is 5.22. The lowest BCUT2D eigenvalue weighted by Gasteiger charge is -2.24. The van der Waals surface area contributed by atoms with Gasteiger partial charge in [-0.2, -0.15) is 0 Å². The van der Waals surface area contributed by atoms with Crippen LogP contribution in [0, 0.1) is 0 Å². The summed E-state index contributed by atoms with van der Waals surface area (Å²) < 4.78 is 29.4. The van der Waals surface area contributed by atoms with Gasteiger partial charge in [0, 0.05) is 12.6 Å². The van der Waals surface area contributed by atoms with Crippen LogP contribution < -0.4 is 5.73 Å². The number of esters is 1. The van der Waals surface area contributed by atoms with E-state index in [2.05, 4.69) is 4.74 Å². The standard InChI is InChI=1S/C14H19ClF2N2O2/c1-3-19(8-13(16)17)7-12(18)9-4-5-10(11(15)6-9)14(20)21-2/h4-6,12-13H,3,7-8,18H2,1-2H3. The topological polar surface area (TPSA) is 55.6 Å². The predicted octanol–water partition coefficient (Wildman–Crippen LogP) is 2.71. The van der Waals surface area contributed by atoms with Crippen molar-refractivity contribution < 1.29 is 18.3 Å². The number of nitrogens with zero attached hydrogens (tertiary/aromatic N) is 1. The van der Waals surface area contributed by atoms with E-state index < -0.39 is 18.4 Å². The Labute approximate surface area is 127 Å². The van der Waals surface area contributed by atoms with Crippen LogP contribution in [0.2, 0.25) is 5.02 Å². The summed E-state index contributed by atoms with van der Waals surface area (Å²) in [5, 5.41) is 0.228. The molecule has 4 nitrogen and oxygen atoms in total. The summed E-state index contributed by atoms with van der Waals surface area (Å²) in [5.74, 6) is -0.534. The molecule has 7 heteroatoms. The monoisotopic (exact) mass is 320 g/mol. The Morgan fingerprint density at radius 3 is 2.57 bits per heavy atom. The molecule has 1 unspecified atom stereocenters. The van der Waals surface area contributed by atoms with Crippen LogP contribution in [-0.2, 0) is 4.74 Å². The van der Waals surface area contributed by atoms with Crippen molar-refractivity contribution in [2.45, 2.75) is 19.4 Å². The van der Waals surface area contributed by atoms with Crippen molar-refractivity contribution in [2.75, 3.05) is 26.7 Å². The van der Waals surface area contributed by atoms with Crippen LogP contribution in [0.1, 0.15) is 28.9 Å². The second kappa shape index (κ2) is 8.26. The van der Waals surface area contributed by atoms with Crippen LogP contribution in [0.4, 0.5) is 8.78 Å². The van der Waals surface area contributed by atoms with Crippen molar-refractivity contribution in [3.8, 4) is 0 Å². The van der Waals surface area contributed by atoms with Crippen molar-refractivity contribution in [1.82, 2.24) is 4.90 Å². The van der Waals surface area contributed by atoms with Crippen molar-refractivity contribution in [3.05, 3.63) is 34.3 Å². The van der Waals surface area contributed by atoms with E-state index in [-0.39, 0.29) is 23.7 Å². The van der Waals surface area contributed by atoms with Crippen molar-refractivity contribution in [3.63, 3.8) is 0 Å². The minimum absolute atomic E-state index is 0.228. The summed E-state index contributed by atoms with van der Waals surface area (Å²) in [7, 11) is 1.27. The van der Waals surface area contributed by atoms with Gasteiger partial charge in [-0.3, -0.25) is 4.90 Å². The fraction of sp³-hybridized carbons (Fsp3) is 0.500. The predicted molar refractivity (Wildman–Crippen MR) is 77.8 cm³/mol. The van der Waals surface area contributed by atoms with Crippen LogP contribution in [0.5, 0.6) is 0 Å². The second-order valence-corrected chi connectivity index (χ2v) is 4.99. The molecule has 0 aliphatic rings. The number of alkyl halides is 2. The van der Waals surface area contributed by atoms with Gasteiger partial charge in [0.2, 0.25) is 0 Å². The Balaban J connectivity index is 2.81. The zero-order chi connectivity index (χ0) is 16.0. The number of carbonyl (C=O) groups is 1. The largest absolute Gasteiger partial charge is 0.465 e. The zero-order valence-corrected chi connectivity index (χ0v) is 12.7. The molecule has 0 saturated carbocycles. The molecule has 1 aromatic carbocycles. The number of carbonyl (C=O) groups excluding carboxylic acids is 1. The van der Waals surface area contributed by atoms with Crippen LogP contribution in [0.25, 0.3) is 0 Å². The summed E-state index contributed by atoms with van der Waals surface area (Å²) >= 11 is 6.01. The molecule has 0 saturated heterocycles. The summed E-state index contributed by atoms with van der Waals surface area (Å²) in [5.41, 5.74) is 6.94. The van der Waals surface area contributed by atoms with Gasteiger partial charge < -0.3 is 10.5 Å². The van der Waals surface area contributed by atoms with Gasteiger partial charge in [-0.25, -0.2) is 13.6 Å². The van der Waals surface area contributed by atoms with Crippen molar-refractivity contribution >= 4 is 17.6 Å². The lowest BCUT2D eigenvalue weighted by molar-refractivity contribution is 0.0600. The molecule has 21 heavy (non-hydrogen) atoms. The van der Waals surface area contributed by atoms with Crippen molar-refractivity contribution in [2.24, 2.45) is 5.73 Å². The van der Waals surface area contributed by atoms with Gasteiger partial charge >= 0.3 is 5.97 Å². The number of methoxy groups -OCH3 is 1. The molecule has 1 rings (SSSR count). The smallest absolute Gasteiger partial charge is 0.339 e. The Hall–Kier alpha value is -1.24. The first-order chi connectivity index (χ1) is 9.88. The van der Waals surface area contributed by atoms with Crippen LogP contribution in [-0.4, -0.2) is 44.0 Å². The minimum atomic E-state index is -2.40. The number of ether oxygens (including phenoxy) is 1. The van der Waals surface area contributed by atoms with Crippen molar-refractivity contribution in [1.29, 1.82) is 0 Å². The van der Waals surface area contributed by atoms with Gasteiger partial charge in [0.15, 0.2) is 0 Å². The highest BCUT2D eigenvalue weighted by atomic mass is 35.5. The molecular formula is C14H19ClF2N2O2. The maximum atomic E-state index is 12.4.